The molecule has 0 amide bonds. The zero-order valence-corrected chi connectivity index (χ0v) is 25.6. The van der Waals surface area contributed by atoms with Crippen molar-refractivity contribution >= 4 is 79.5 Å². The van der Waals surface area contributed by atoms with Crippen LogP contribution in [0, 0.1) is 0 Å². The molecule has 0 spiro atoms. The van der Waals surface area contributed by atoms with Gasteiger partial charge in [0, 0.05) is 0 Å². The van der Waals surface area contributed by atoms with Gasteiger partial charge in [0.25, 0.3) is 0 Å². The second kappa shape index (κ2) is 12.6. The van der Waals surface area contributed by atoms with Gasteiger partial charge in [0.15, 0.2) is 0 Å². The maximum absolute atomic E-state index is 2.56. The van der Waals surface area contributed by atoms with Crippen LogP contribution in [-0.2, 0) is 12.8 Å². The molecule has 0 saturated carbocycles. The molecule has 0 saturated heterocycles. The Hall–Kier alpha value is -0.850. The van der Waals surface area contributed by atoms with Crippen molar-refractivity contribution in [3.05, 3.63) is 47.5 Å². The topological polar surface area (TPSA) is 0 Å². The van der Waals surface area contributed by atoms with Crippen LogP contribution in [0.15, 0.2) is 36.4 Å². The molecule has 3 heterocycles. The van der Waals surface area contributed by atoms with Gasteiger partial charge in [-0.25, -0.2) is 0 Å². The van der Waals surface area contributed by atoms with E-state index < -0.39 is 0 Å². The Balaban J connectivity index is 1.38. The van der Waals surface area contributed by atoms with Gasteiger partial charge in [-0.15, -0.1) is 0 Å². The first-order chi connectivity index (χ1) is 17.3. The first-order valence-corrected chi connectivity index (χ1v) is 18.0. The Kier molecular flexibility index (Phi) is 9.28. The molecule has 3 aromatic heterocycles. The van der Waals surface area contributed by atoms with E-state index in [0.29, 0.717) is 0 Å². The minimum absolute atomic E-state index is 0.228. The number of fused-ring (bicyclic) bond motifs is 7. The summed E-state index contributed by atoms with van der Waals surface area (Å²) < 4.78 is 6.48. The van der Waals surface area contributed by atoms with Crippen LogP contribution < -0.4 is 0 Å². The Labute approximate surface area is 229 Å². The number of unbranched alkanes of at least 4 members (excludes halogenated alkanes) is 10. The number of thiophene rings is 2. The van der Waals surface area contributed by atoms with Gasteiger partial charge in [-0.05, 0) is 0 Å². The Morgan fingerprint density at radius 1 is 0.543 bits per heavy atom. The molecule has 0 aliphatic carbocycles. The summed E-state index contributed by atoms with van der Waals surface area (Å²) in [5, 5.41) is 6.38. The first-order valence-electron chi connectivity index (χ1n) is 14.1. The van der Waals surface area contributed by atoms with Crippen LogP contribution in [0.5, 0.6) is 0 Å². The molecular formula is C32H40S2Te. The molecular weight excluding hydrogens is 576 g/mol. The molecule has 0 atom stereocenters. The summed E-state index contributed by atoms with van der Waals surface area (Å²) >= 11 is 3.96. The third-order valence-corrected chi connectivity index (χ3v) is 14.2. The average Bonchev–Trinajstić information content (AvgIpc) is 3.50. The fraction of sp³-hybridized carbons (Fsp3) is 0.500. The van der Waals surface area contributed by atoms with Gasteiger partial charge in [0.05, 0.1) is 0 Å². The summed E-state index contributed by atoms with van der Waals surface area (Å²) in [6, 6.07) is 14.8. The van der Waals surface area contributed by atoms with E-state index in [0.717, 1.165) is 0 Å². The van der Waals surface area contributed by atoms with Crippen LogP contribution in [0.3, 0.4) is 0 Å². The van der Waals surface area contributed by atoms with E-state index in [4.69, 9.17) is 0 Å². The SMILES string of the molecule is CCCCCCCCc1ccc2sc3[te]c4sc5ccc(CCCCCCCC)cc5c4c3c2c1. The predicted molar refractivity (Wildman–Crippen MR) is 163 cm³/mol. The van der Waals surface area contributed by atoms with Gasteiger partial charge < -0.3 is 0 Å². The second-order valence-corrected chi connectivity index (χ2v) is 17.0. The van der Waals surface area contributed by atoms with E-state index in [1.807, 2.05) is 0 Å². The summed E-state index contributed by atoms with van der Waals surface area (Å²) in [4.78, 5) is 0. The molecule has 0 unspecified atom stereocenters. The van der Waals surface area contributed by atoms with E-state index in [9.17, 15) is 0 Å². The molecule has 0 aliphatic rings. The molecule has 0 N–H and O–H groups in total. The molecule has 0 radical (unpaired) electrons. The van der Waals surface area contributed by atoms with Crippen molar-refractivity contribution in [1.29, 1.82) is 0 Å². The fourth-order valence-corrected chi connectivity index (χ4v) is 13.4. The van der Waals surface area contributed by atoms with Crippen molar-refractivity contribution in [3.63, 3.8) is 0 Å². The van der Waals surface area contributed by atoms with Gasteiger partial charge in [-0.1, -0.05) is 13.8 Å². The summed E-state index contributed by atoms with van der Waals surface area (Å²) in [6.07, 6.45) is 19.0. The van der Waals surface area contributed by atoms with Crippen molar-refractivity contribution < 1.29 is 0 Å². The molecule has 0 nitrogen and oxygen atoms in total. The van der Waals surface area contributed by atoms with Crippen molar-refractivity contribution in [2.75, 3.05) is 0 Å². The monoisotopic (exact) mass is 618 g/mol. The van der Waals surface area contributed by atoms with Gasteiger partial charge in [0.1, 0.15) is 0 Å². The Bertz CT molecular complexity index is 1280. The Morgan fingerprint density at radius 3 is 1.43 bits per heavy atom. The second-order valence-electron chi connectivity index (χ2n) is 10.3. The van der Waals surface area contributed by atoms with Crippen LogP contribution >= 0.6 is 22.7 Å². The maximum atomic E-state index is 2.56. The van der Waals surface area contributed by atoms with Crippen LogP contribution in [0.4, 0.5) is 0 Å². The van der Waals surface area contributed by atoms with Crippen molar-refractivity contribution in [1.82, 2.24) is 0 Å². The minimum atomic E-state index is -0.228. The number of benzene rings is 2. The van der Waals surface area contributed by atoms with E-state index in [1.165, 1.54) is 99.3 Å². The van der Waals surface area contributed by atoms with E-state index in [2.05, 4.69) is 72.9 Å². The van der Waals surface area contributed by atoms with E-state index in [1.54, 1.807) is 38.1 Å². The van der Waals surface area contributed by atoms with Gasteiger partial charge in [-0.3, -0.25) is 0 Å². The zero-order valence-electron chi connectivity index (χ0n) is 21.6. The number of aryl methyl sites for hydroxylation is 2. The summed E-state index contributed by atoms with van der Waals surface area (Å²) in [5.41, 5.74) is 3.09. The molecule has 2 aromatic carbocycles. The summed E-state index contributed by atoms with van der Waals surface area (Å²) in [7, 11) is 0. The van der Waals surface area contributed by atoms with Crippen LogP contribution in [-0.4, -0.2) is 20.4 Å². The first kappa shape index (κ1) is 25.8. The molecule has 3 heteroatoms. The fourth-order valence-electron chi connectivity index (χ4n) is 5.48. The van der Waals surface area contributed by atoms with E-state index in [-0.39, 0.29) is 20.4 Å². The molecule has 0 bridgehead atoms. The standard InChI is InChI=1S/C32H40S2Te/c1-3-5-7-9-11-13-15-23-17-19-27-25(21-23)29-30-26-22-24(16-14-12-10-8-6-4-2)18-20-28(26)34-32(30)35-31(29)33-27/h17-22H,3-16H2,1-2H3. The molecule has 5 aromatic rings. The zero-order chi connectivity index (χ0) is 24.0. The summed E-state index contributed by atoms with van der Waals surface area (Å²) in [5.74, 6) is 0. The van der Waals surface area contributed by atoms with Crippen LogP contribution in [0.1, 0.15) is 102 Å². The van der Waals surface area contributed by atoms with E-state index >= 15 is 0 Å². The third-order valence-electron chi connectivity index (χ3n) is 7.51. The van der Waals surface area contributed by atoms with Gasteiger partial charge in [0.2, 0.25) is 0 Å². The molecule has 0 fully saturated rings. The average molecular weight is 616 g/mol. The molecule has 5 rings (SSSR count). The Morgan fingerprint density at radius 2 is 0.971 bits per heavy atom. The molecule has 0 aliphatic heterocycles. The summed E-state index contributed by atoms with van der Waals surface area (Å²) in [6.45, 7) is 4.60. The van der Waals surface area contributed by atoms with Gasteiger partial charge >= 0.3 is 217 Å². The molecule has 35 heavy (non-hydrogen) atoms. The number of rotatable bonds is 14. The van der Waals surface area contributed by atoms with Crippen LogP contribution in [0.25, 0.3) is 36.4 Å². The number of hydrogen-bond acceptors (Lipinski definition) is 2. The third kappa shape index (κ3) is 6.01. The predicted octanol–water partition coefficient (Wildman–Crippen LogP) is 11.3. The van der Waals surface area contributed by atoms with Crippen molar-refractivity contribution in [3.8, 4) is 0 Å². The van der Waals surface area contributed by atoms with Crippen molar-refractivity contribution in [2.45, 2.75) is 104 Å². The molecule has 186 valence electrons. The number of hydrogen-bond donors (Lipinski definition) is 0. The van der Waals surface area contributed by atoms with Crippen LogP contribution in [0.2, 0.25) is 0 Å². The van der Waals surface area contributed by atoms with Crippen molar-refractivity contribution in [2.24, 2.45) is 0 Å². The van der Waals surface area contributed by atoms with Gasteiger partial charge in [-0.2, -0.15) is 0 Å². The quantitative estimate of drug-likeness (QED) is 0.0860. The normalized spacial score (nSPS) is 12.2.